The first-order chi connectivity index (χ1) is 13.0. The van der Waals surface area contributed by atoms with Gasteiger partial charge in [-0.3, -0.25) is 9.59 Å². The minimum absolute atomic E-state index is 0.0202. The van der Waals surface area contributed by atoms with Gasteiger partial charge in [0.2, 0.25) is 19.9 Å². The predicted molar refractivity (Wildman–Crippen MR) is 92.4 cm³/mol. The Bertz CT molecular complexity index is 1190. The number of aliphatic carboxylic acids is 2. The highest BCUT2D eigenvalue weighted by molar-refractivity contribution is 7.91. The van der Waals surface area contributed by atoms with Gasteiger partial charge in [0, 0.05) is 6.07 Å². The number of hydrogen-bond acceptors (Lipinski definition) is 7. The third-order valence-corrected chi connectivity index (χ3v) is 7.15. The molecule has 0 saturated heterocycles. The SMILES string of the molecule is O=C(O)C[C@H](NS(=O)(=O)c1ccc2c(c1)Oc1ccccc1S2(=O)=O)C(=O)O. The second-order valence-electron chi connectivity index (χ2n) is 5.77. The molecule has 28 heavy (non-hydrogen) atoms. The Morgan fingerprint density at radius 3 is 2.32 bits per heavy atom. The van der Waals surface area contributed by atoms with Gasteiger partial charge in [-0.05, 0) is 24.3 Å². The van der Waals surface area contributed by atoms with Crippen molar-refractivity contribution < 1.29 is 41.4 Å². The van der Waals surface area contributed by atoms with Gasteiger partial charge in [0.25, 0.3) is 0 Å². The number of sulfonamides is 1. The third kappa shape index (κ3) is 3.56. The summed E-state index contributed by atoms with van der Waals surface area (Å²) in [5.74, 6) is -3.40. The number of carbonyl (C=O) groups is 2. The number of carboxylic acids is 2. The minimum atomic E-state index is -4.47. The van der Waals surface area contributed by atoms with Crippen LogP contribution in [0.15, 0.2) is 57.2 Å². The first-order valence-electron chi connectivity index (χ1n) is 7.65. The summed E-state index contributed by atoms with van der Waals surface area (Å²) in [6, 6.07) is 6.85. The maximum absolute atomic E-state index is 12.7. The molecule has 0 amide bonds. The zero-order valence-corrected chi connectivity index (χ0v) is 15.5. The molecule has 1 aliphatic heterocycles. The number of nitrogens with one attached hydrogen (secondary N) is 1. The fraction of sp³-hybridized carbons (Fsp3) is 0.125. The largest absolute Gasteiger partial charge is 0.481 e. The molecule has 0 aromatic heterocycles. The van der Waals surface area contributed by atoms with Gasteiger partial charge in [0.1, 0.15) is 27.3 Å². The molecule has 0 fully saturated rings. The van der Waals surface area contributed by atoms with Crippen LogP contribution < -0.4 is 9.46 Å². The van der Waals surface area contributed by atoms with Crippen LogP contribution in [0.2, 0.25) is 0 Å². The molecule has 1 heterocycles. The number of fused-ring (bicyclic) bond motifs is 2. The molecule has 3 rings (SSSR count). The predicted octanol–water partition coefficient (Wildman–Crippen LogP) is 0.831. The summed E-state index contributed by atoms with van der Waals surface area (Å²) in [4.78, 5) is 21.1. The Kier molecular flexibility index (Phi) is 4.87. The normalized spacial score (nSPS) is 15.6. The van der Waals surface area contributed by atoms with Crippen molar-refractivity contribution in [1.29, 1.82) is 0 Å². The van der Waals surface area contributed by atoms with E-state index in [1.54, 1.807) is 10.8 Å². The van der Waals surface area contributed by atoms with E-state index in [9.17, 15) is 26.4 Å². The van der Waals surface area contributed by atoms with E-state index in [1.165, 1.54) is 18.2 Å². The van der Waals surface area contributed by atoms with Gasteiger partial charge in [-0.1, -0.05) is 12.1 Å². The monoisotopic (exact) mass is 427 g/mol. The molecule has 10 nitrogen and oxygen atoms in total. The van der Waals surface area contributed by atoms with Crippen LogP contribution in [0.1, 0.15) is 6.42 Å². The summed E-state index contributed by atoms with van der Waals surface area (Å²) >= 11 is 0. The maximum atomic E-state index is 12.7. The summed E-state index contributed by atoms with van der Waals surface area (Å²) in [5, 5.41) is 17.7. The van der Waals surface area contributed by atoms with E-state index in [0.29, 0.717) is 0 Å². The molecule has 0 bridgehead atoms. The lowest BCUT2D eigenvalue weighted by atomic mass is 10.2. The highest BCUT2D eigenvalue weighted by Gasteiger charge is 2.33. The highest BCUT2D eigenvalue weighted by atomic mass is 32.2. The van der Waals surface area contributed by atoms with Crippen LogP contribution in [0.25, 0.3) is 0 Å². The summed E-state index contributed by atoms with van der Waals surface area (Å²) in [5.41, 5.74) is 0. The Balaban J connectivity index is 2.01. The Labute approximate surface area is 159 Å². The van der Waals surface area contributed by atoms with Gasteiger partial charge in [-0.15, -0.1) is 0 Å². The van der Waals surface area contributed by atoms with Crippen molar-refractivity contribution >= 4 is 31.8 Å². The van der Waals surface area contributed by atoms with Gasteiger partial charge in [-0.2, -0.15) is 4.72 Å². The molecule has 0 saturated carbocycles. The van der Waals surface area contributed by atoms with Crippen LogP contribution in [-0.2, 0) is 29.4 Å². The van der Waals surface area contributed by atoms with Crippen LogP contribution in [0.5, 0.6) is 11.5 Å². The lowest BCUT2D eigenvalue weighted by molar-refractivity contribution is -0.145. The molecule has 0 aliphatic carbocycles. The van der Waals surface area contributed by atoms with Crippen LogP contribution in [0.3, 0.4) is 0 Å². The third-order valence-electron chi connectivity index (χ3n) is 3.85. The Morgan fingerprint density at radius 1 is 1.04 bits per heavy atom. The average Bonchev–Trinajstić information content (AvgIpc) is 2.60. The molecule has 3 N–H and O–H groups in total. The fourth-order valence-electron chi connectivity index (χ4n) is 2.56. The number of sulfone groups is 1. The van der Waals surface area contributed by atoms with E-state index in [0.717, 1.165) is 18.2 Å². The number of para-hydroxylation sites is 1. The zero-order chi connectivity index (χ0) is 20.7. The van der Waals surface area contributed by atoms with E-state index in [2.05, 4.69) is 0 Å². The van der Waals surface area contributed by atoms with E-state index >= 15 is 0 Å². The van der Waals surface area contributed by atoms with Crippen LogP contribution in [-0.4, -0.2) is 45.0 Å². The van der Waals surface area contributed by atoms with Crippen molar-refractivity contribution in [2.45, 2.75) is 27.1 Å². The van der Waals surface area contributed by atoms with E-state index in [-0.39, 0.29) is 21.3 Å². The summed E-state index contributed by atoms with van der Waals surface area (Å²) < 4.78 is 57.5. The molecule has 2 aromatic carbocycles. The molecule has 1 aliphatic rings. The summed E-state index contributed by atoms with van der Waals surface area (Å²) in [7, 11) is -8.40. The molecule has 148 valence electrons. The second kappa shape index (κ2) is 6.89. The van der Waals surface area contributed by atoms with Gasteiger partial charge in [-0.25, -0.2) is 16.8 Å². The van der Waals surface area contributed by atoms with Crippen molar-refractivity contribution in [1.82, 2.24) is 4.72 Å². The zero-order valence-electron chi connectivity index (χ0n) is 13.9. The van der Waals surface area contributed by atoms with Gasteiger partial charge in [0.05, 0.1) is 11.3 Å². The minimum Gasteiger partial charge on any atom is -0.481 e. The average molecular weight is 427 g/mol. The molecule has 1 atom stereocenters. The maximum Gasteiger partial charge on any atom is 0.322 e. The number of hydrogen-bond donors (Lipinski definition) is 3. The molecule has 0 spiro atoms. The van der Waals surface area contributed by atoms with Gasteiger partial charge >= 0.3 is 11.9 Å². The van der Waals surface area contributed by atoms with Crippen LogP contribution >= 0.6 is 0 Å². The molecule has 12 heteroatoms. The van der Waals surface area contributed by atoms with Crippen molar-refractivity contribution in [3.8, 4) is 11.5 Å². The number of benzene rings is 2. The van der Waals surface area contributed by atoms with Gasteiger partial charge < -0.3 is 14.9 Å². The smallest absolute Gasteiger partial charge is 0.322 e. The highest BCUT2D eigenvalue weighted by Crippen LogP contribution is 2.43. The Hall–Kier alpha value is -2.96. The molecule has 0 radical (unpaired) electrons. The summed E-state index contributed by atoms with van der Waals surface area (Å²) in [6.07, 6.45) is -0.974. The number of carboxylic acid groups (broad SMARTS) is 2. The molecule has 0 unspecified atom stereocenters. The van der Waals surface area contributed by atoms with Crippen molar-refractivity contribution in [2.75, 3.05) is 0 Å². The summed E-state index contributed by atoms with van der Waals surface area (Å²) in [6.45, 7) is 0. The van der Waals surface area contributed by atoms with Crippen LogP contribution in [0, 0.1) is 0 Å². The standard InChI is InChI=1S/C16H13NO9S2/c18-15(19)8-10(16(20)21)17-28(24,25)9-5-6-14-12(7-9)26-11-3-1-2-4-13(11)27(14,22)23/h1-7,10,17H,8H2,(H,18,19)(H,20,21)/t10-/m0/s1. The fourth-order valence-corrected chi connectivity index (χ4v) is 5.25. The Morgan fingerprint density at radius 2 is 1.68 bits per heavy atom. The van der Waals surface area contributed by atoms with Crippen molar-refractivity contribution in [3.63, 3.8) is 0 Å². The molecule has 2 aromatic rings. The van der Waals surface area contributed by atoms with E-state index in [1.807, 2.05) is 0 Å². The quantitative estimate of drug-likeness (QED) is 0.517. The van der Waals surface area contributed by atoms with Crippen molar-refractivity contribution in [2.24, 2.45) is 0 Å². The first-order valence-corrected chi connectivity index (χ1v) is 10.6. The molecular weight excluding hydrogens is 414 g/mol. The number of rotatable bonds is 6. The van der Waals surface area contributed by atoms with Gasteiger partial charge in [0.15, 0.2) is 0 Å². The second-order valence-corrected chi connectivity index (χ2v) is 9.37. The van der Waals surface area contributed by atoms with E-state index < -0.39 is 49.2 Å². The van der Waals surface area contributed by atoms with Crippen molar-refractivity contribution in [3.05, 3.63) is 42.5 Å². The molecular formula is C16H13NO9S2. The number of ether oxygens (including phenoxy) is 1. The first kappa shape index (κ1) is 19.8. The van der Waals surface area contributed by atoms with E-state index in [4.69, 9.17) is 14.9 Å². The lowest BCUT2D eigenvalue weighted by Gasteiger charge is -2.21. The topological polar surface area (TPSA) is 164 Å². The van der Waals surface area contributed by atoms with Crippen LogP contribution in [0.4, 0.5) is 0 Å². The lowest BCUT2D eigenvalue weighted by Crippen LogP contribution is -2.42.